The van der Waals surface area contributed by atoms with Gasteiger partial charge in [0.25, 0.3) is 0 Å². The average molecular weight is 926 g/mol. The van der Waals surface area contributed by atoms with Gasteiger partial charge in [-0.15, -0.1) is 0 Å². The van der Waals surface area contributed by atoms with Crippen LogP contribution in [0.15, 0.2) is 72.9 Å². The third kappa shape index (κ3) is 18.8. The standard InChI is InChI=1S/C47H75NO17/c1-27-17-15-13-11-9-7-5-6-8-10-12-14-16-18-34(64-46-44(58)41(48)43(57)30(4)63-46)24-38-40(45(59)60)37(54)26-47(61,65-38)25-36(53)35(52)20-19-31(49)21-32(50)22-33(51)23-39(55)62-29(3)28(2)42(27)56/h5-6,8,10-18,27-38,40-44,46,49-54,56-58,61H,7,9,19-26,48H2,1-4H3,(H,59,60)/b6-5+,10-8+,13-11+,14-12+,17-15+,18-16+/t27?,28?,29?,30-,31?,32?,33?,34?,35?,36?,37?,38?,40?,41+,42?,43-,44+,46+,47?/m1/s1. The molecule has 0 aromatic rings. The molecule has 13 N–H and O–H groups in total. The van der Waals surface area contributed by atoms with E-state index in [9.17, 15) is 65.8 Å². The number of hydrogen-bond acceptors (Lipinski definition) is 17. The zero-order valence-electron chi connectivity index (χ0n) is 37.8. The number of nitrogens with two attached hydrogens (primary N) is 1. The Labute approximate surface area is 381 Å². The van der Waals surface area contributed by atoms with Crippen molar-refractivity contribution in [2.75, 3.05) is 0 Å². The molecule has 2 bridgehead atoms. The van der Waals surface area contributed by atoms with Crippen molar-refractivity contribution in [2.45, 2.75) is 189 Å². The molecule has 3 rings (SSSR count). The van der Waals surface area contributed by atoms with Crippen molar-refractivity contribution in [1.82, 2.24) is 0 Å². The summed E-state index contributed by atoms with van der Waals surface area (Å²) in [6.45, 7) is 6.78. The Kier molecular flexibility index (Phi) is 23.8. The minimum Gasteiger partial charge on any atom is -0.481 e. The molecule has 0 aromatic heterocycles. The van der Waals surface area contributed by atoms with Gasteiger partial charge in [0.15, 0.2) is 12.1 Å². The maximum Gasteiger partial charge on any atom is 0.311 e. The number of fused-ring (bicyclic) bond motifs is 2. The fourth-order valence-electron chi connectivity index (χ4n) is 8.11. The molecule has 370 valence electrons. The first kappa shape index (κ1) is 56.1. The van der Waals surface area contributed by atoms with Gasteiger partial charge in [-0.3, -0.25) is 9.59 Å². The summed E-state index contributed by atoms with van der Waals surface area (Å²) in [5.74, 6) is -6.82. The SMILES string of the molecule is CC1/C=C/C=C/CC/C=C/C=C/C=C/C=C/C(O[C@@H]2O[C@H](C)[C@@H](O)[C@H](N)[C@@H]2O)CC2OC(O)(CC(O)C(O)CCC(O)CC(O)CC(O)CC(=O)OC(C)C(C)C1O)CC(O)C2C(=O)O. The number of rotatable bonds is 3. The maximum absolute atomic E-state index is 12.6. The Hall–Kier alpha value is -3.18. The second kappa shape index (κ2) is 27.6. The molecule has 0 radical (unpaired) electrons. The summed E-state index contributed by atoms with van der Waals surface area (Å²) in [4.78, 5) is 25.1. The minimum absolute atomic E-state index is 0.138. The molecule has 0 saturated carbocycles. The number of cyclic esters (lactones) is 1. The lowest BCUT2D eigenvalue weighted by molar-refractivity contribution is -0.310. The van der Waals surface area contributed by atoms with Crippen LogP contribution < -0.4 is 5.73 Å². The molecule has 65 heavy (non-hydrogen) atoms. The molecule has 0 spiro atoms. The topological polar surface area (TPSA) is 320 Å². The molecular formula is C47H75NO17. The second-order valence-electron chi connectivity index (χ2n) is 17.8. The number of ether oxygens (including phenoxy) is 4. The number of carboxylic acids is 1. The van der Waals surface area contributed by atoms with Crippen LogP contribution in [-0.2, 0) is 28.5 Å². The number of carboxylic acid groups (broad SMARTS) is 1. The van der Waals surface area contributed by atoms with Crippen molar-refractivity contribution in [3.63, 3.8) is 0 Å². The molecule has 18 heteroatoms. The monoisotopic (exact) mass is 926 g/mol. The first-order valence-corrected chi connectivity index (χ1v) is 22.6. The van der Waals surface area contributed by atoms with Crippen molar-refractivity contribution in [3.8, 4) is 0 Å². The summed E-state index contributed by atoms with van der Waals surface area (Å²) in [6.07, 6.45) is 2.28. The zero-order chi connectivity index (χ0) is 48.4. The summed E-state index contributed by atoms with van der Waals surface area (Å²) in [5, 5.41) is 118. The second-order valence-corrected chi connectivity index (χ2v) is 17.8. The fourth-order valence-corrected chi connectivity index (χ4v) is 8.11. The first-order chi connectivity index (χ1) is 30.6. The predicted molar refractivity (Wildman–Crippen MR) is 237 cm³/mol. The van der Waals surface area contributed by atoms with Gasteiger partial charge in [0.05, 0.1) is 79.6 Å². The molecule has 2 saturated heterocycles. The number of aliphatic hydroxyl groups is 10. The van der Waals surface area contributed by atoms with Gasteiger partial charge in [-0.25, -0.2) is 0 Å². The number of carbonyl (C=O) groups excluding carboxylic acids is 1. The zero-order valence-corrected chi connectivity index (χ0v) is 37.8. The van der Waals surface area contributed by atoms with E-state index in [1.165, 1.54) is 13.0 Å². The number of carbonyl (C=O) groups is 2. The van der Waals surface area contributed by atoms with E-state index < -0.39 is 141 Å². The van der Waals surface area contributed by atoms with Crippen LogP contribution in [0.4, 0.5) is 0 Å². The normalized spacial score (nSPS) is 45.2. The van der Waals surface area contributed by atoms with E-state index in [0.29, 0.717) is 0 Å². The highest BCUT2D eigenvalue weighted by atomic mass is 16.7. The van der Waals surface area contributed by atoms with Gasteiger partial charge < -0.3 is 80.9 Å². The molecule has 18 nitrogen and oxygen atoms in total. The van der Waals surface area contributed by atoms with Gasteiger partial charge in [-0.1, -0.05) is 86.8 Å². The molecule has 19 atom stereocenters. The van der Waals surface area contributed by atoms with Crippen molar-refractivity contribution in [1.29, 1.82) is 0 Å². The Morgan fingerprint density at radius 3 is 1.94 bits per heavy atom. The maximum atomic E-state index is 12.6. The molecule has 3 heterocycles. The van der Waals surface area contributed by atoms with E-state index in [1.807, 2.05) is 49.5 Å². The van der Waals surface area contributed by atoms with Gasteiger partial charge in [0, 0.05) is 31.1 Å². The van der Waals surface area contributed by atoms with Gasteiger partial charge >= 0.3 is 11.9 Å². The van der Waals surface area contributed by atoms with Crippen molar-refractivity contribution in [2.24, 2.45) is 23.5 Å². The summed E-state index contributed by atoms with van der Waals surface area (Å²) >= 11 is 0. The van der Waals surface area contributed by atoms with Gasteiger partial charge in [0.1, 0.15) is 18.1 Å². The largest absolute Gasteiger partial charge is 0.481 e. The third-order valence-corrected chi connectivity index (χ3v) is 12.2. The first-order valence-electron chi connectivity index (χ1n) is 22.6. The van der Waals surface area contributed by atoms with E-state index in [4.69, 9.17) is 24.7 Å². The molecule has 0 aliphatic carbocycles. The quantitative estimate of drug-likeness (QED) is 0.175. The summed E-state index contributed by atoms with van der Waals surface area (Å²) in [6, 6.07) is -1.14. The Balaban J connectivity index is 1.84. The average Bonchev–Trinajstić information content (AvgIpc) is 3.21. The number of esters is 1. The van der Waals surface area contributed by atoms with E-state index in [2.05, 4.69) is 0 Å². The van der Waals surface area contributed by atoms with E-state index in [1.54, 1.807) is 38.2 Å². The molecule has 3 aliphatic heterocycles. The van der Waals surface area contributed by atoms with Crippen molar-refractivity contribution < 1.29 is 84.7 Å². The molecule has 0 amide bonds. The number of aliphatic carboxylic acids is 1. The number of allylic oxidation sites excluding steroid dienone is 10. The Bertz CT molecular complexity index is 1620. The highest BCUT2D eigenvalue weighted by Crippen LogP contribution is 2.38. The highest BCUT2D eigenvalue weighted by molar-refractivity contribution is 5.71. The highest BCUT2D eigenvalue weighted by Gasteiger charge is 2.51. The van der Waals surface area contributed by atoms with Crippen molar-refractivity contribution >= 4 is 11.9 Å². The van der Waals surface area contributed by atoms with Crippen LogP contribution in [0.3, 0.4) is 0 Å². The minimum atomic E-state index is -2.35. The van der Waals surface area contributed by atoms with Crippen LogP contribution in [0.5, 0.6) is 0 Å². The van der Waals surface area contributed by atoms with Gasteiger partial charge in [-0.05, 0) is 52.4 Å². The van der Waals surface area contributed by atoms with Crippen LogP contribution in [0, 0.1) is 17.8 Å². The van der Waals surface area contributed by atoms with E-state index in [0.717, 1.165) is 12.8 Å². The van der Waals surface area contributed by atoms with Crippen LogP contribution in [0.25, 0.3) is 0 Å². The summed E-state index contributed by atoms with van der Waals surface area (Å²) in [5.41, 5.74) is 6.02. The fraction of sp³-hybridized carbons (Fsp3) is 0.702. The smallest absolute Gasteiger partial charge is 0.311 e. The van der Waals surface area contributed by atoms with Crippen LogP contribution in [-0.4, -0.2) is 166 Å². The van der Waals surface area contributed by atoms with Crippen molar-refractivity contribution in [3.05, 3.63) is 72.9 Å². The van der Waals surface area contributed by atoms with Gasteiger partial charge in [0.2, 0.25) is 0 Å². The van der Waals surface area contributed by atoms with Crippen LogP contribution in [0.2, 0.25) is 0 Å². The lowest BCUT2D eigenvalue weighted by atomic mass is 9.82. The summed E-state index contributed by atoms with van der Waals surface area (Å²) < 4.78 is 23.2. The Morgan fingerprint density at radius 2 is 1.28 bits per heavy atom. The molecule has 14 unspecified atom stereocenters. The molecular weight excluding hydrogens is 851 g/mol. The Morgan fingerprint density at radius 1 is 0.692 bits per heavy atom. The van der Waals surface area contributed by atoms with E-state index >= 15 is 0 Å². The number of hydrogen-bond donors (Lipinski definition) is 12. The van der Waals surface area contributed by atoms with Crippen LogP contribution in [0.1, 0.15) is 91.9 Å². The van der Waals surface area contributed by atoms with Gasteiger partial charge in [-0.2, -0.15) is 0 Å². The van der Waals surface area contributed by atoms with E-state index in [-0.39, 0.29) is 38.0 Å². The lowest BCUT2D eigenvalue weighted by Gasteiger charge is -2.45. The molecule has 0 aromatic carbocycles. The van der Waals surface area contributed by atoms with Crippen LogP contribution >= 0.6 is 0 Å². The number of aliphatic hydroxyl groups excluding tert-OH is 9. The molecule has 3 aliphatic rings. The summed E-state index contributed by atoms with van der Waals surface area (Å²) in [7, 11) is 0. The molecule has 2 fully saturated rings. The lowest BCUT2D eigenvalue weighted by Crippen LogP contribution is -2.61. The predicted octanol–water partition coefficient (Wildman–Crippen LogP) is 0.936. The third-order valence-electron chi connectivity index (χ3n) is 12.2.